The van der Waals surface area contributed by atoms with Crippen LogP contribution in [-0.4, -0.2) is 6.54 Å². The summed E-state index contributed by atoms with van der Waals surface area (Å²) >= 11 is 0. The molecule has 0 radical (unpaired) electrons. The summed E-state index contributed by atoms with van der Waals surface area (Å²) in [7, 11) is 0. The van der Waals surface area contributed by atoms with Crippen LogP contribution >= 0.6 is 0 Å². The first-order chi connectivity index (χ1) is 10.0. The number of halogens is 1. The summed E-state index contributed by atoms with van der Waals surface area (Å²) in [5.74, 6) is 0.644. The molecule has 0 heterocycles. The Labute approximate surface area is 125 Å². The molecule has 2 aromatic carbocycles. The Balaban J connectivity index is 2.18. The molecule has 0 unspecified atom stereocenters. The molecule has 0 aliphatic carbocycles. The highest BCUT2D eigenvalue weighted by Gasteiger charge is 2.08. The van der Waals surface area contributed by atoms with E-state index < -0.39 is 0 Å². The predicted octanol–water partition coefficient (Wildman–Crippen LogP) is 3.83. The molecule has 0 bridgehead atoms. The van der Waals surface area contributed by atoms with E-state index in [-0.39, 0.29) is 5.82 Å². The van der Waals surface area contributed by atoms with Gasteiger partial charge in [-0.1, -0.05) is 18.2 Å². The van der Waals surface area contributed by atoms with E-state index in [1.54, 1.807) is 6.07 Å². The van der Waals surface area contributed by atoms with Crippen LogP contribution < -0.4 is 10.5 Å². The highest BCUT2D eigenvalue weighted by atomic mass is 19.1. The maximum atomic E-state index is 13.3. The maximum Gasteiger partial charge on any atom is 0.125 e. The van der Waals surface area contributed by atoms with Gasteiger partial charge in [0.2, 0.25) is 0 Å². The fourth-order valence-electron chi connectivity index (χ4n) is 2.52. The quantitative estimate of drug-likeness (QED) is 0.907. The lowest BCUT2D eigenvalue weighted by Crippen LogP contribution is -2.05. The first-order valence-corrected chi connectivity index (χ1v) is 7.19. The van der Waals surface area contributed by atoms with Gasteiger partial charge in [-0.2, -0.15) is 0 Å². The zero-order valence-electron chi connectivity index (χ0n) is 12.9. The van der Waals surface area contributed by atoms with Crippen molar-refractivity contribution in [1.82, 2.24) is 0 Å². The van der Waals surface area contributed by atoms with Crippen molar-refractivity contribution in [2.45, 2.75) is 33.8 Å². The SMILES string of the molecule is Cc1ccc(F)cc1COc1c(C)cc(CCN)cc1C. The van der Waals surface area contributed by atoms with Crippen molar-refractivity contribution in [1.29, 1.82) is 0 Å². The van der Waals surface area contributed by atoms with E-state index in [4.69, 9.17) is 10.5 Å². The first-order valence-electron chi connectivity index (χ1n) is 7.19. The van der Waals surface area contributed by atoms with Gasteiger partial charge < -0.3 is 10.5 Å². The molecule has 0 aliphatic heterocycles. The highest BCUT2D eigenvalue weighted by Crippen LogP contribution is 2.26. The molecular weight excluding hydrogens is 265 g/mol. The Morgan fingerprint density at radius 1 is 1.00 bits per heavy atom. The minimum absolute atomic E-state index is 0.231. The molecule has 0 saturated heterocycles. The van der Waals surface area contributed by atoms with E-state index in [0.717, 1.165) is 34.4 Å². The third-order valence-electron chi connectivity index (χ3n) is 3.64. The molecule has 0 fully saturated rings. The second-order valence-corrected chi connectivity index (χ2v) is 5.46. The second-order valence-electron chi connectivity index (χ2n) is 5.46. The molecule has 0 aromatic heterocycles. The van der Waals surface area contributed by atoms with Crippen molar-refractivity contribution in [3.63, 3.8) is 0 Å². The van der Waals surface area contributed by atoms with Crippen molar-refractivity contribution in [3.8, 4) is 5.75 Å². The Morgan fingerprint density at radius 3 is 2.29 bits per heavy atom. The molecule has 112 valence electrons. The summed E-state index contributed by atoms with van der Waals surface area (Å²) < 4.78 is 19.2. The van der Waals surface area contributed by atoms with Gasteiger partial charge in [0, 0.05) is 0 Å². The lowest BCUT2D eigenvalue weighted by molar-refractivity contribution is 0.300. The van der Waals surface area contributed by atoms with Crippen molar-refractivity contribution in [2.75, 3.05) is 6.54 Å². The van der Waals surface area contributed by atoms with Crippen LogP contribution in [0.1, 0.15) is 27.8 Å². The molecule has 2 rings (SSSR count). The molecule has 0 atom stereocenters. The zero-order valence-corrected chi connectivity index (χ0v) is 12.9. The van der Waals surface area contributed by atoms with Gasteiger partial charge in [-0.3, -0.25) is 0 Å². The molecule has 2 aromatic rings. The number of aryl methyl sites for hydroxylation is 3. The summed E-state index contributed by atoms with van der Waals surface area (Å²) in [6.07, 6.45) is 0.866. The van der Waals surface area contributed by atoms with E-state index in [9.17, 15) is 4.39 Å². The fourth-order valence-corrected chi connectivity index (χ4v) is 2.52. The fraction of sp³-hybridized carbons (Fsp3) is 0.333. The van der Waals surface area contributed by atoms with Gasteiger partial charge in [0.05, 0.1) is 0 Å². The average Bonchev–Trinajstić information content (AvgIpc) is 2.42. The molecular formula is C18H22FNO. The van der Waals surface area contributed by atoms with Gasteiger partial charge in [-0.25, -0.2) is 4.39 Å². The number of hydrogen-bond donors (Lipinski definition) is 1. The first kappa shape index (κ1) is 15.5. The van der Waals surface area contributed by atoms with Crippen LogP contribution in [0.2, 0.25) is 0 Å². The van der Waals surface area contributed by atoms with E-state index in [0.29, 0.717) is 13.2 Å². The minimum atomic E-state index is -0.231. The number of nitrogens with two attached hydrogens (primary N) is 1. The molecule has 21 heavy (non-hydrogen) atoms. The van der Waals surface area contributed by atoms with Crippen molar-refractivity contribution < 1.29 is 9.13 Å². The summed E-state index contributed by atoms with van der Waals surface area (Å²) in [6.45, 7) is 7.03. The van der Waals surface area contributed by atoms with E-state index >= 15 is 0 Å². The largest absolute Gasteiger partial charge is 0.488 e. The van der Waals surface area contributed by atoms with E-state index in [2.05, 4.69) is 12.1 Å². The van der Waals surface area contributed by atoms with E-state index in [1.807, 2.05) is 20.8 Å². The Morgan fingerprint density at radius 2 is 1.67 bits per heavy atom. The number of hydrogen-bond acceptors (Lipinski definition) is 2. The molecule has 0 aliphatic rings. The third-order valence-corrected chi connectivity index (χ3v) is 3.64. The van der Waals surface area contributed by atoms with E-state index in [1.165, 1.54) is 17.7 Å². The number of rotatable bonds is 5. The number of ether oxygens (including phenoxy) is 1. The topological polar surface area (TPSA) is 35.2 Å². The van der Waals surface area contributed by atoms with Gasteiger partial charge in [-0.15, -0.1) is 0 Å². The summed E-state index contributed by atoms with van der Waals surface area (Å²) in [4.78, 5) is 0. The molecule has 0 spiro atoms. The second kappa shape index (κ2) is 6.72. The lowest BCUT2D eigenvalue weighted by atomic mass is 10.0. The normalized spacial score (nSPS) is 10.7. The zero-order chi connectivity index (χ0) is 15.4. The standard InChI is InChI=1S/C18H22FNO/c1-12-4-5-17(19)10-16(12)11-21-18-13(2)8-15(6-7-20)9-14(18)3/h4-5,8-10H,6-7,11,20H2,1-3H3. The van der Waals surface area contributed by atoms with Crippen LogP contribution in [0, 0.1) is 26.6 Å². The average molecular weight is 287 g/mol. The lowest BCUT2D eigenvalue weighted by Gasteiger charge is -2.15. The van der Waals surface area contributed by atoms with Crippen LogP contribution in [0.4, 0.5) is 4.39 Å². The molecule has 0 amide bonds. The van der Waals surface area contributed by atoms with Gasteiger partial charge in [-0.05, 0) is 73.7 Å². The van der Waals surface area contributed by atoms with Crippen molar-refractivity contribution in [2.24, 2.45) is 5.73 Å². The van der Waals surface area contributed by atoms with Crippen LogP contribution in [-0.2, 0) is 13.0 Å². The van der Waals surface area contributed by atoms with Gasteiger partial charge in [0.15, 0.2) is 0 Å². The molecule has 2 N–H and O–H groups in total. The predicted molar refractivity (Wildman–Crippen MR) is 84.1 cm³/mol. The van der Waals surface area contributed by atoms with Crippen molar-refractivity contribution >= 4 is 0 Å². The van der Waals surface area contributed by atoms with Gasteiger partial charge in [0.25, 0.3) is 0 Å². The third kappa shape index (κ3) is 3.82. The minimum Gasteiger partial charge on any atom is -0.488 e. The van der Waals surface area contributed by atoms with Crippen LogP contribution in [0.15, 0.2) is 30.3 Å². The maximum absolute atomic E-state index is 13.3. The Kier molecular flexibility index (Phi) is 4.97. The molecule has 3 heteroatoms. The monoisotopic (exact) mass is 287 g/mol. The van der Waals surface area contributed by atoms with Crippen LogP contribution in [0.3, 0.4) is 0 Å². The summed E-state index contributed by atoms with van der Waals surface area (Å²) in [5.41, 5.74) is 10.9. The number of benzene rings is 2. The molecule has 2 nitrogen and oxygen atoms in total. The molecule has 0 saturated carbocycles. The van der Waals surface area contributed by atoms with Crippen molar-refractivity contribution in [3.05, 3.63) is 64.0 Å². The van der Waals surface area contributed by atoms with Gasteiger partial charge in [0.1, 0.15) is 18.2 Å². The van der Waals surface area contributed by atoms with Gasteiger partial charge >= 0.3 is 0 Å². The Hall–Kier alpha value is -1.87. The summed E-state index contributed by atoms with van der Waals surface area (Å²) in [6, 6.07) is 8.99. The summed E-state index contributed by atoms with van der Waals surface area (Å²) in [5, 5.41) is 0. The smallest absolute Gasteiger partial charge is 0.125 e. The Bertz CT molecular complexity index is 614. The van der Waals surface area contributed by atoms with Crippen LogP contribution in [0.5, 0.6) is 5.75 Å². The van der Waals surface area contributed by atoms with Crippen LogP contribution in [0.25, 0.3) is 0 Å². The highest BCUT2D eigenvalue weighted by molar-refractivity contribution is 5.43.